The Morgan fingerprint density at radius 3 is 2.82 bits per heavy atom. The molecule has 1 saturated carbocycles. The largest absolute Gasteiger partial charge is 0.490 e. The summed E-state index contributed by atoms with van der Waals surface area (Å²) < 4.78 is 5.22. The van der Waals surface area contributed by atoms with Gasteiger partial charge in [-0.1, -0.05) is 25.4 Å². The molecule has 1 heterocycles. The van der Waals surface area contributed by atoms with Crippen LogP contribution in [0.15, 0.2) is 6.33 Å². The molecule has 1 aromatic heterocycles. The predicted octanol–water partition coefficient (Wildman–Crippen LogP) is 3.13. The Hall–Kier alpha value is -1.03. The van der Waals surface area contributed by atoms with Gasteiger partial charge in [0.2, 0.25) is 0 Å². The van der Waals surface area contributed by atoms with Gasteiger partial charge in [-0.2, -0.15) is 0 Å². The smallest absolute Gasteiger partial charge is 0.198 e. The van der Waals surface area contributed by atoms with Crippen molar-refractivity contribution in [1.29, 1.82) is 0 Å². The minimum Gasteiger partial charge on any atom is -0.490 e. The van der Waals surface area contributed by atoms with Crippen molar-refractivity contribution in [1.82, 2.24) is 9.97 Å². The number of methoxy groups -OCH3 is 1. The summed E-state index contributed by atoms with van der Waals surface area (Å²) in [6, 6.07) is 0.435. The van der Waals surface area contributed by atoms with E-state index in [4.69, 9.17) is 16.3 Å². The van der Waals surface area contributed by atoms with E-state index >= 15 is 0 Å². The first-order valence-corrected chi connectivity index (χ1v) is 6.21. The van der Waals surface area contributed by atoms with E-state index in [-0.39, 0.29) is 0 Å². The van der Waals surface area contributed by atoms with E-state index < -0.39 is 0 Å². The molecule has 0 radical (unpaired) electrons. The van der Waals surface area contributed by atoms with E-state index in [1.165, 1.54) is 12.7 Å². The first-order chi connectivity index (χ1) is 8.02. The number of nitrogens with one attached hydrogen (secondary N) is 1. The molecule has 0 bridgehead atoms. The number of anilines is 1. The van der Waals surface area contributed by atoms with E-state index in [9.17, 15) is 0 Å². The lowest BCUT2D eigenvalue weighted by molar-refractivity contribution is 0.378. The summed E-state index contributed by atoms with van der Waals surface area (Å²) in [5, 5.41) is 3.75. The van der Waals surface area contributed by atoms with Gasteiger partial charge in [-0.3, -0.25) is 0 Å². The van der Waals surface area contributed by atoms with Gasteiger partial charge in [0.15, 0.2) is 16.7 Å². The van der Waals surface area contributed by atoms with Crippen LogP contribution in [0.2, 0.25) is 5.15 Å². The van der Waals surface area contributed by atoms with Gasteiger partial charge in [0.1, 0.15) is 6.33 Å². The van der Waals surface area contributed by atoms with E-state index in [0.717, 1.165) is 12.8 Å². The van der Waals surface area contributed by atoms with Crippen LogP contribution in [-0.2, 0) is 0 Å². The maximum atomic E-state index is 5.95. The van der Waals surface area contributed by atoms with Crippen LogP contribution in [0.5, 0.6) is 5.75 Å². The number of nitrogens with zero attached hydrogens (tertiary/aromatic N) is 2. The van der Waals surface area contributed by atoms with Crippen molar-refractivity contribution < 1.29 is 4.74 Å². The molecule has 4 nitrogen and oxygen atoms in total. The number of hydrogen-bond acceptors (Lipinski definition) is 4. The number of aromatic nitrogens is 2. The van der Waals surface area contributed by atoms with Gasteiger partial charge < -0.3 is 10.1 Å². The average Bonchev–Trinajstić information content (AvgIpc) is 2.58. The highest BCUT2D eigenvalue weighted by atomic mass is 35.5. The molecule has 1 aromatic rings. The molecule has 94 valence electrons. The highest BCUT2D eigenvalue weighted by Crippen LogP contribution is 2.39. The molecular weight excluding hydrogens is 238 g/mol. The summed E-state index contributed by atoms with van der Waals surface area (Å²) in [4.78, 5) is 8.09. The molecule has 1 fully saturated rings. The fourth-order valence-corrected chi connectivity index (χ4v) is 2.60. The lowest BCUT2D eigenvalue weighted by Crippen LogP contribution is -2.19. The Morgan fingerprint density at radius 2 is 2.24 bits per heavy atom. The molecule has 0 saturated heterocycles. The zero-order valence-electron chi connectivity index (χ0n) is 10.5. The van der Waals surface area contributed by atoms with Crippen LogP contribution < -0.4 is 10.1 Å². The van der Waals surface area contributed by atoms with E-state index in [1.807, 2.05) is 0 Å². The second-order valence-corrected chi connectivity index (χ2v) is 5.65. The minimum atomic E-state index is 0.349. The second-order valence-electron chi connectivity index (χ2n) is 5.29. The lowest BCUT2D eigenvalue weighted by atomic mass is 9.92. The SMILES string of the molecule is COc1c(Cl)ncnc1NC1CCC(C)(C)C1. The van der Waals surface area contributed by atoms with Crippen molar-refractivity contribution in [3.8, 4) is 5.75 Å². The Morgan fingerprint density at radius 1 is 1.47 bits per heavy atom. The van der Waals surface area contributed by atoms with Crippen LogP contribution in [0, 0.1) is 5.41 Å². The maximum absolute atomic E-state index is 5.95. The van der Waals surface area contributed by atoms with Gasteiger partial charge in [-0.15, -0.1) is 0 Å². The Balaban J connectivity index is 2.12. The number of halogens is 1. The molecule has 0 aliphatic heterocycles. The highest BCUT2D eigenvalue weighted by Gasteiger charge is 2.31. The van der Waals surface area contributed by atoms with Crippen LogP contribution in [-0.4, -0.2) is 23.1 Å². The Kier molecular flexibility index (Phi) is 3.43. The summed E-state index contributed by atoms with van der Waals surface area (Å²) in [7, 11) is 1.58. The van der Waals surface area contributed by atoms with Crippen LogP contribution >= 0.6 is 11.6 Å². The predicted molar refractivity (Wildman–Crippen MR) is 68.6 cm³/mol. The summed E-state index contributed by atoms with van der Waals surface area (Å²) in [5.74, 6) is 1.22. The number of hydrogen-bond donors (Lipinski definition) is 1. The highest BCUT2D eigenvalue weighted by molar-refractivity contribution is 6.31. The molecule has 0 aromatic carbocycles. The Labute approximate surface area is 107 Å². The zero-order valence-corrected chi connectivity index (χ0v) is 11.2. The molecule has 1 unspecified atom stereocenters. The van der Waals surface area contributed by atoms with E-state index in [0.29, 0.717) is 28.2 Å². The topological polar surface area (TPSA) is 47.0 Å². The van der Waals surface area contributed by atoms with Crippen molar-refractivity contribution >= 4 is 17.4 Å². The fourth-order valence-electron chi connectivity index (χ4n) is 2.39. The minimum absolute atomic E-state index is 0.349. The molecule has 1 N–H and O–H groups in total. The quantitative estimate of drug-likeness (QED) is 0.843. The Bertz CT molecular complexity index is 409. The summed E-state index contributed by atoms with van der Waals surface area (Å²) in [6.45, 7) is 4.58. The van der Waals surface area contributed by atoms with Gasteiger partial charge in [-0.05, 0) is 24.7 Å². The normalized spacial score (nSPS) is 22.5. The van der Waals surface area contributed by atoms with Gasteiger partial charge in [-0.25, -0.2) is 9.97 Å². The molecule has 1 atom stereocenters. The third-order valence-electron chi connectivity index (χ3n) is 3.27. The summed E-state index contributed by atoms with van der Waals surface area (Å²) >= 11 is 5.95. The standard InChI is InChI=1S/C12H18ClN3O/c1-12(2)5-4-8(6-12)16-11-9(17-3)10(13)14-7-15-11/h7-8H,4-6H2,1-3H3,(H,14,15,16). The van der Waals surface area contributed by atoms with Gasteiger partial charge in [0, 0.05) is 6.04 Å². The molecule has 0 amide bonds. The van der Waals surface area contributed by atoms with Crippen LogP contribution in [0.1, 0.15) is 33.1 Å². The lowest BCUT2D eigenvalue weighted by Gasteiger charge is -2.19. The second kappa shape index (κ2) is 4.69. The fraction of sp³-hybridized carbons (Fsp3) is 0.667. The van der Waals surface area contributed by atoms with Crippen LogP contribution in [0.3, 0.4) is 0 Å². The summed E-state index contributed by atoms with van der Waals surface area (Å²) in [6.07, 6.45) is 4.97. The van der Waals surface area contributed by atoms with Crippen molar-refractivity contribution in [3.63, 3.8) is 0 Å². The van der Waals surface area contributed by atoms with Crippen molar-refractivity contribution in [2.75, 3.05) is 12.4 Å². The molecule has 1 aliphatic carbocycles. The third kappa shape index (κ3) is 2.80. The van der Waals surface area contributed by atoms with Crippen LogP contribution in [0.4, 0.5) is 5.82 Å². The molecule has 17 heavy (non-hydrogen) atoms. The first-order valence-electron chi connectivity index (χ1n) is 5.83. The van der Waals surface area contributed by atoms with Gasteiger partial charge >= 0.3 is 0 Å². The maximum Gasteiger partial charge on any atom is 0.198 e. The van der Waals surface area contributed by atoms with Crippen molar-refractivity contribution in [2.24, 2.45) is 5.41 Å². The van der Waals surface area contributed by atoms with Crippen LogP contribution in [0.25, 0.3) is 0 Å². The molecular formula is C12H18ClN3O. The molecule has 2 rings (SSSR count). The van der Waals surface area contributed by atoms with Crippen molar-refractivity contribution in [2.45, 2.75) is 39.2 Å². The summed E-state index contributed by atoms with van der Waals surface area (Å²) in [5.41, 5.74) is 0.404. The zero-order chi connectivity index (χ0) is 12.5. The molecule has 5 heteroatoms. The van der Waals surface area contributed by atoms with E-state index in [1.54, 1.807) is 7.11 Å². The monoisotopic (exact) mass is 255 g/mol. The van der Waals surface area contributed by atoms with E-state index in [2.05, 4.69) is 29.1 Å². The van der Waals surface area contributed by atoms with Gasteiger partial charge in [0.25, 0.3) is 0 Å². The van der Waals surface area contributed by atoms with Crippen molar-refractivity contribution in [3.05, 3.63) is 11.5 Å². The molecule has 0 spiro atoms. The molecule has 1 aliphatic rings. The number of ether oxygens (including phenoxy) is 1. The first kappa shape index (κ1) is 12.4. The van der Waals surface area contributed by atoms with Gasteiger partial charge in [0.05, 0.1) is 7.11 Å². The number of rotatable bonds is 3. The average molecular weight is 256 g/mol. The third-order valence-corrected chi connectivity index (χ3v) is 3.54.